The van der Waals surface area contributed by atoms with Gasteiger partial charge in [-0.3, -0.25) is 14.9 Å². The zero-order chi connectivity index (χ0) is 22.4. The summed E-state index contributed by atoms with van der Waals surface area (Å²) in [5.74, 6) is -0.220. The molecule has 3 N–H and O–H groups in total. The number of carbonyl (C=O) groups excluding carboxylic acids is 1. The number of aromatic nitrogens is 1. The number of benzene rings is 2. The number of non-ortho nitro benzene ring substituents is 1. The number of nitrogens with two attached hydrogens (primary N) is 1. The molecule has 0 saturated heterocycles. The number of hydrogen-bond acceptors (Lipinski definition) is 6. The number of allylic oxidation sites excluding steroid dienone is 3. The number of nitrogens with one attached hydrogen (secondary N) is 1. The molecule has 2 aliphatic rings. The predicted molar refractivity (Wildman–Crippen MR) is 117 cm³/mol. The van der Waals surface area contributed by atoms with E-state index < -0.39 is 10.8 Å². The summed E-state index contributed by atoms with van der Waals surface area (Å²) in [6, 6.07) is 15.9. The second-order valence-electron chi connectivity index (χ2n) is 7.80. The minimum Gasteiger partial charge on any atom is -0.444 e. The van der Waals surface area contributed by atoms with E-state index in [1.807, 2.05) is 24.3 Å². The first-order chi connectivity index (χ1) is 15.5. The van der Waals surface area contributed by atoms with Crippen LogP contribution in [0.25, 0.3) is 22.2 Å². The smallest absolute Gasteiger partial charge is 0.269 e. The molecule has 3 aromatic rings. The number of nitro groups is 1. The third kappa shape index (κ3) is 2.94. The van der Waals surface area contributed by atoms with E-state index in [2.05, 4.69) is 11.1 Å². The fourth-order valence-corrected chi connectivity index (χ4v) is 4.59. The molecule has 158 valence electrons. The first-order valence-electron chi connectivity index (χ1n) is 10.2. The predicted octanol–water partition coefficient (Wildman–Crippen LogP) is 4.56. The van der Waals surface area contributed by atoms with Gasteiger partial charge in [0.1, 0.15) is 17.4 Å². The van der Waals surface area contributed by atoms with Crippen molar-refractivity contribution in [3.05, 3.63) is 87.0 Å². The Bertz CT molecular complexity index is 1390. The SMILES string of the molecule is N#CC1=C(N)OC2=C(C(=O)CCC2)C1c1c(-c2ccc([N+](=O)[O-])cc2)[nH]c2ccccc12. The van der Waals surface area contributed by atoms with Gasteiger partial charge in [0.25, 0.3) is 5.69 Å². The summed E-state index contributed by atoms with van der Waals surface area (Å²) in [4.78, 5) is 27.0. The van der Waals surface area contributed by atoms with E-state index in [0.717, 1.165) is 16.5 Å². The first kappa shape index (κ1) is 19.6. The topological polar surface area (TPSA) is 135 Å². The molecule has 0 spiro atoms. The maximum Gasteiger partial charge on any atom is 0.269 e. The lowest BCUT2D eigenvalue weighted by Crippen LogP contribution is -2.27. The minimum atomic E-state index is -0.683. The van der Waals surface area contributed by atoms with Gasteiger partial charge in [0.05, 0.1) is 16.5 Å². The number of H-pyrrole nitrogens is 1. The van der Waals surface area contributed by atoms with Crippen molar-refractivity contribution in [1.29, 1.82) is 5.26 Å². The van der Waals surface area contributed by atoms with Crippen LogP contribution in [0.2, 0.25) is 0 Å². The number of para-hydroxylation sites is 1. The summed E-state index contributed by atoms with van der Waals surface area (Å²) in [5, 5.41) is 21.9. The summed E-state index contributed by atoms with van der Waals surface area (Å²) >= 11 is 0. The van der Waals surface area contributed by atoms with Crippen molar-refractivity contribution in [2.45, 2.75) is 25.2 Å². The fraction of sp³-hybridized carbons (Fsp3) is 0.167. The third-order valence-electron chi connectivity index (χ3n) is 6.01. The Kier molecular flexibility index (Phi) is 4.52. The Balaban J connectivity index is 1.81. The van der Waals surface area contributed by atoms with Crippen molar-refractivity contribution in [3.63, 3.8) is 0 Å². The van der Waals surface area contributed by atoms with Gasteiger partial charge >= 0.3 is 0 Å². The lowest BCUT2D eigenvalue weighted by atomic mass is 9.76. The molecule has 8 heteroatoms. The molecule has 0 saturated carbocycles. The Hall–Kier alpha value is -4.38. The number of hydrogen-bond donors (Lipinski definition) is 2. The van der Waals surface area contributed by atoms with Crippen LogP contribution < -0.4 is 5.73 Å². The van der Waals surface area contributed by atoms with E-state index in [1.165, 1.54) is 12.1 Å². The van der Waals surface area contributed by atoms with E-state index in [9.17, 15) is 20.2 Å². The van der Waals surface area contributed by atoms with Crippen LogP contribution in [0.5, 0.6) is 0 Å². The van der Waals surface area contributed by atoms with Gasteiger partial charge in [-0.1, -0.05) is 18.2 Å². The van der Waals surface area contributed by atoms with Crippen LogP contribution >= 0.6 is 0 Å². The molecular formula is C24H18N4O4. The number of ketones is 1. The van der Waals surface area contributed by atoms with Crippen molar-refractivity contribution in [2.75, 3.05) is 0 Å². The number of fused-ring (bicyclic) bond motifs is 1. The van der Waals surface area contributed by atoms with E-state index in [-0.39, 0.29) is 22.9 Å². The largest absolute Gasteiger partial charge is 0.444 e. The monoisotopic (exact) mass is 426 g/mol. The van der Waals surface area contributed by atoms with Gasteiger partial charge in [-0.15, -0.1) is 0 Å². The summed E-state index contributed by atoms with van der Waals surface area (Å²) in [6.45, 7) is 0. The second-order valence-corrected chi connectivity index (χ2v) is 7.80. The highest BCUT2D eigenvalue weighted by molar-refractivity contribution is 6.02. The molecule has 32 heavy (non-hydrogen) atoms. The van der Waals surface area contributed by atoms with Gasteiger partial charge in [-0.25, -0.2) is 0 Å². The Morgan fingerprint density at radius 1 is 1.16 bits per heavy atom. The average molecular weight is 426 g/mol. The number of nitrogens with zero attached hydrogens (tertiary/aromatic N) is 2. The second kappa shape index (κ2) is 7.39. The molecule has 0 amide bonds. The molecule has 1 unspecified atom stereocenters. The highest BCUT2D eigenvalue weighted by Gasteiger charge is 2.40. The van der Waals surface area contributed by atoms with Gasteiger partial charge in [0.15, 0.2) is 5.78 Å². The number of aromatic amines is 1. The molecule has 1 aliphatic carbocycles. The molecule has 1 aliphatic heterocycles. The summed E-state index contributed by atoms with van der Waals surface area (Å²) < 4.78 is 5.70. The van der Waals surface area contributed by atoms with E-state index >= 15 is 0 Å². The van der Waals surface area contributed by atoms with Crippen molar-refractivity contribution in [1.82, 2.24) is 4.98 Å². The molecule has 0 bridgehead atoms. The summed E-state index contributed by atoms with van der Waals surface area (Å²) in [6.07, 6.45) is 1.63. The van der Waals surface area contributed by atoms with Crippen molar-refractivity contribution >= 4 is 22.4 Å². The molecule has 5 rings (SSSR count). The minimum absolute atomic E-state index is 0.00545. The number of rotatable bonds is 3. The number of nitro benzene ring substituents is 1. The standard InChI is InChI=1S/C24H18N4O4/c25-12-16-20(22-18(29)6-3-7-19(22)32-24(16)26)21-15-4-1-2-5-17(15)27-23(21)13-8-10-14(11-9-13)28(30)31/h1-2,4-5,8-11,20,27H,3,6-7,26H2. The van der Waals surface area contributed by atoms with E-state index in [4.69, 9.17) is 10.5 Å². The molecule has 0 radical (unpaired) electrons. The zero-order valence-corrected chi connectivity index (χ0v) is 16.9. The highest BCUT2D eigenvalue weighted by atomic mass is 16.6. The molecule has 0 fully saturated rings. The van der Waals surface area contributed by atoms with Gasteiger partial charge < -0.3 is 15.5 Å². The lowest BCUT2D eigenvalue weighted by molar-refractivity contribution is -0.384. The highest BCUT2D eigenvalue weighted by Crippen LogP contribution is 2.48. The number of nitriles is 1. The molecule has 8 nitrogen and oxygen atoms in total. The molecule has 2 aromatic carbocycles. The number of ether oxygens (including phenoxy) is 1. The van der Waals surface area contributed by atoms with Crippen LogP contribution in [0.4, 0.5) is 5.69 Å². The summed E-state index contributed by atoms with van der Waals surface area (Å²) in [7, 11) is 0. The molecule has 1 aromatic heterocycles. The lowest BCUT2D eigenvalue weighted by Gasteiger charge is -2.31. The van der Waals surface area contributed by atoms with Gasteiger partial charge in [0.2, 0.25) is 5.88 Å². The van der Waals surface area contributed by atoms with Gasteiger partial charge in [-0.2, -0.15) is 5.26 Å². The van der Waals surface area contributed by atoms with Gasteiger partial charge in [0, 0.05) is 41.5 Å². The number of Topliss-reactive ketones (excluding diaryl/α,β-unsaturated/α-hetero) is 1. The summed E-state index contributed by atoms with van der Waals surface area (Å²) in [5.41, 5.74) is 9.70. The zero-order valence-electron chi connectivity index (χ0n) is 16.9. The van der Waals surface area contributed by atoms with E-state index in [1.54, 1.807) is 12.1 Å². The molecular weight excluding hydrogens is 408 g/mol. The third-order valence-corrected chi connectivity index (χ3v) is 6.01. The van der Waals surface area contributed by atoms with Crippen molar-refractivity contribution < 1.29 is 14.5 Å². The Morgan fingerprint density at radius 2 is 1.91 bits per heavy atom. The van der Waals surface area contributed by atoms with Crippen LogP contribution in [-0.4, -0.2) is 15.7 Å². The van der Waals surface area contributed by atoms with Crippen molar-refractivity contribution in [3.8, 4) is 17.3 Å². The average Bonchev–Trinajstić information content (AvgIpc) is 3.17. The molecule has 2 heterocycles. The van der Waals surface area contributed by atoms with E-state index in [0.29, 0.717) is 41.9 Å². The normalized spacial score (nSPS) is 18.3. The maximum atomic E-state index is 13.0. The van der Waals surface area contributed by atoms with Gasteiger partial charge in [-0.05, 0) is 35.7 Å². The van der Waals surface area contributed by atoms with Crippen LogP contribution in [0.3, 0.4) is 0 Å². The van der Waals surface area contributed by atoms with Crippen LogP contribution in [0.1, 0.15) is 30.7 Å². The first-order valence-corrected chi connectivity index (χ1v) is 10.2. The number of carbonyl (C=O) groups is 1. The Labute approximate surface area is 182 Å². The quantitative estimate of drug-likeness (QED) is 0.466. The fourth-order valence-electron chi connectivity index (χ4n) is 4.59. The maximum absolute atomic E-state index is 13.0. The molecule has 1 atom stereocenters. The Morgan fingerprint density at radius 3 is 2.62 bits per heavy atom. The van der Waals surface area contributed by atoms with Crippen LogP contribution in [0.15, 0.2) is 71.3 Å². The van der Waals surface area contributed by atoms with Crippen LogP contribution in [-0.2, 0) is 9.53 Å². The van der Waals surface area contributed by atoms with Crippen molar-refractivity contribution in [2.24, 2.45) is 5.73 Å². The van der Waals surface area contributed by atoms with Crippen LogP contribution in [0, 0.1) is 21.4 Å².